The molecule has 1 heteroatoms. The van der Waals surface area contributed by atoms with Crippen LogP contribution in [-0.2, 0) is 0 Å². The van der Waals surface area contributed by atoms with Gasteiger partial charge in [0.25, 0.3) is 0 Å². The Morgan fingerprint density at radius 2 is 0.723 bits per heavy atom. The molecule has 0 atom stereocenters. The molecule has 0 bridgehead atoms. The Hall–Kier alpha value is -6.18. The van der Waals surface area contributed by atoms with Crippen molar-refractivity contribution in [2.45, 2.75) is 0 Å². The van der Waals surface area contributed by atoms with Crippen molar-refractivity contribution in [3.05, 3.63) is 222 Å². The van der Waals surface area contributed by atoms with E-state index in [4.69, 9.17) is 0 Å². The van der Waals surface area contributed by atoms with Crippen LogP contribution in [0.15, 0.2) is 205 Å². The first-order chi connectivity index (χ1) is 23.3. The minimum Gasteiger partial charge on any atom is -0.310 e. The maximum Gasteiger partial charge on any atom is 0.0474 e. The second-order valence-corrected chi connectivity index (χ2v) is 12.3. The van der Waals surface area contributed by atoms with Crippen molar-refractivity contribution >= 4 is 27.5 Å². The predicted octanol–water partition coefficient (Wildman–Crippen LogP) is 11.7. The Balaban J connectivity index is 1.22. The monoisotopic (exact) mass is 597 g/mol. The Labute approximate surface area is 275 Å². The average Bonchev–Trinajstić information content (AvgIpc) is 3.15. The van der Waals surface area contributed by atoms with Crippen LogP contribution in [0.25, 0.3) is 49.7 Å². The number of rotatable bonds is 5. The van der Waals surface area contributed by atoms with Gasteiger partial charge in [0.1, 0.15) is 0 Å². The van der Waals surface area contributed by atoms with Gasteiger partial charge in [-0.1, -0.05) is 140 Å². The van der Waals surface area contributed by atoms with Gasteiger partial charge in [-0.3, -0.25) is 0 Å². The van der Waals surface area contributed by atoms with Crippen LogP contribution in [0.1, 0.15) is 16.7 Å². The zero-order chi connectivity index (χ0) is 31.2. The van der Waals surface area contributed by atoms with Crippen molar-refractivity contribution in [1.29, 1.82) is 0 Å². The Kier molecular flexibility index (Phi) is 6.54. The third-order valence-electron chi connectivity index (χ3n) is 9.30. The highest BCUT2D eigenvalue weighted by Crippen LogP contribution is 2.44. The first kappa shape index (κ1) is 27.2. The second-order valence-electron chi connectivity index (χ2n) is 12.3. The number of hydrogen-bond acceptors (Lipinski definition) is 1. The molecular formula is C46H31N. The van der Waals surface area contributed by atoms with Gasteiger partial charge in [0.05, 0.1) is 0 Å². The summed E-state index contributed by atoms with van der Waals surface area (Å²) in [5, 5.41) is 2.52. The van der Waals surface area contributed by atoms with Gasteiger partial charge in [-0.2, -0.15) is 0 Å². The lowest BCUT2D eigenvalue weighted by Crippen LogP contribution is -2.26. The standard InChI is InChI=1S/C46H31N/c1-3-12-32(13-4-1)35-18-9-20-37(24-35)39-26-42-27-40(38-21-10-19-36(25-38)33-14-5-2-6-15-33)29-44-31-41(30-43(28-39)47(42)44)46-23-11-17-34-16-7-8-22-45(34)46/h1-31H. The number of hydrogen-bond donors (Lipinski definition) is 0. The molecule has 3 heterocycles. The molecule has 6 aromatic carbocycles. The summed E-state index contributed by atoms with van der Waals surface area (Å²) in [5.41, 5.74) is 15.7. The van der Waals surface area contributed by atoms with Crippen LogP contribution in [-0.4, -0.2) is 4.90 Å². The molecule has 220 valence electrons. The van der Waals surface area contributed by atoms with Crippen molar-refractivity contribution in [1.82, 2.24) is 4.90 Å². The van der Waals surface area contributed by atoms with Crippen LogP contribution in [0.3, 0.4) is 0 Å². The number of nitrogens with zero attached hydrogens (tertiary/aromatic N) is 1. The van der Waals surface area contributed by atoms with E-state index < -0.39 is 0 Å². The van der Waals surface area contributed by atoms with Crippen molar-refractivity contribution in [3.63, 3.8) is 0 Å². The molecular weight excluding hydrogens is 567 g/mol. The van der Waals surface area contributed by atoms with Gasteiger partial charge in [0, 0.05) is 17.1 Å². The molecule has 0 aromatic heterocycles. The Morgan fingerprint density at radius 3 is 1.32 bits per heavy atom. The average molecular weight is 598 g/mol. The number of benzene rings is 6. The molecule has 3 aliphatic heterocycles. The fraction of sp³-hybridized carbons (Fsp3) is 0. The van der Waals surface area contributed by atoms with E-state index in [-0.39, 0.29) is 0 Å². The van der Waals surface area contributed by atoms with E-state index in [1.165, 1.54) is 83.5 Å². The molecule has 3 aliphatic rings. The van der Waals surface area contributed by atoms with Crippen molar-refractivity contribution in [3.8, 4) is 22.3 Å². The maximum atomic E-state index is 2.39. The molecule has 6 aromatic rings. The van der Waals surface area contributed by atoms with Crippen LogP contribution in [0.5, 0.6) is 0 Å². The SMILES string of the molecule is C1=C(c2cccc(-c3ccccc3)c2)C=C2C=C(c3cccc4ccccc34)C=C3C=C(c4cccc(-c5ccccc5)c4)C=C1N23. The minimum atomic E-state index is 1.17. The van der Waals surface area contributed by atoms with E-state index in [1.54, 1.807) is 0 Å². The fourth-order valence-corrected chi connectivity index (χ4v) is 7.02. The molecule has 0 fully saturated rings. The van der Waals surface area contributed by atoms with E-state index in [2.05, 4.69) is 193 Å². The molecule has 47 heavy (non-hydrogen) atoms. The lowest BCUT2D eigenvalue weighted by molar-refractivity contribution is 0.567. The summed E-state index contributed by atoms with van der Waals surface area (Å²) in [6.45, 7) is 0. The van der Waals surface area contributed by atoms with Crippen LogP contribution >= 0.6 is 0 Å². The second kappa shape index (κ2) is 11.3. The smallest absolute Gasteiger partial charge is 0.0474 e. The third kappa shape index (κ3) is 4.99. The lowest BCUT2D eigenvalue weighted by atomic mass is 9.87. The fourth-order valence-electron chi connectivity index (χ4n) is 7.02. The first-order valence-electron chi connectivity index (χ1n) is 16.2. The van der Waals surface area contributed by atoms with Crippen molar-refractivity contribution in [2.75, 3.05) is 0 Å². The molecule has 0 amide bonds. The van der Waals surface area contributed by atoms with Crippen LogP contribution in [0.4, 0.5) is 0 Å². The molecule has 0 aliphatic carbocycles. The molecule has 0 N–H and O–H groups in total. The largest absolute Gasteiger partial charge is 0.310 e. The van der Waals surface area contributed by atoms with Gasteiger partial charge in [-0.15, -0.1) is 0 Å². The molecule has 0 saturated heterocycles. The summed E-state index contributed by atoms with van der Waals surface area (Å²) >= 11 is 0. The van der Waals surface area contributed by atoms with E-state index in [9.17, 15) is 0 Å². The summed E-state index contributed by atoms with van der Waals surface area (Å²) in [6, 6.07) is 54.3. The third-order valence-corrected chi connectivity index (χ3v) is 9.30. The number of fused-ring (bicyclic) bond motifs is 1. The zero-order valence-electron chi connectivity index (χ0n) is 25.8. The number of allylic oxidation sites excluding steroid dienone is 9. The molecule has 1 nitrogen and oxygen atoms in total. The maximum absolute atomic E-state index is 2.39. The molecule has 0 radical (unpaired) electrons. The molecule has 0 saturated carbocycles. The predicted molar refractivity (Wildman–Crippen MR) is 198 cm³/mol. The van der Waals surface area contributed by atoms with E-state index in [0.717, 1.165) is 0 Å². The highest BCUT2D eigenvalue weighted by Gasteiger charge is 2.28. The molecule has 9 rings (SSSR count). The minimum absolute atomic E-state index is 1.17. The summed E-state index contributed by atoms with van der Waals surface area (Å²) in [7, 11) is 0. The van der Waals surface area contributed by atoms with Gasteiger partial charge in [-0.05, 0) is 115 Å². The summed E-state index contributed by atoms with van der Waals surface area (Å²) in [5.74, 6) is 0. The Bertz CT molecular complexity index is 2290. The van der Waals surface area contributed by atoms with Gasteiger partial charge < -0.3 is 4.90 Å². The highest BCUT2D eigenvalue weighted by molar-refractivity contribution is 5.99. The summed E-state index contributed by atoms with van der Waals surface area (Å²) in [6.07, 6.45) is 14.1. The molecule has 0 unspecified atom stereocenters. The van der Waals surface area contributed by atoms with E-state index in [1.807, 2.05) is 0 Å². The van der Waals surface area contributed by atoms with Gasteiger partial charge in [-0.25, -0.2) is 0 Å². The van der Waals surface area contributed by atoms with Gasteiger partial charge in [0.2, 0.25) is 0 Å². The quantitative estimate of drug-likeness (QED) is 0.191. The lowest BCUT2D eigenvalue weighted by Gasteiger charge is -2.37. The van der Waals surface area contributed by atoms with E-state index in [0.29, 0.717) is 0 Å². The zero-order valence-corrected chi connectivity index (χ0v) is 25.8. The first-order valence-corrected chi connectivity index (χ1v) is 16.2. The summed E-state index contributed by atoms with van der Waals surface area (Å²) in [4.78, 5) is 2.39. The van der Waals surface area contributed by atoms with Gasteiger partial charge in [0.15, 0.2) is 0 Å². The Morgan fingerprint density at radius 1 is 0.298 bits per heavy atom. The van der Waals surface area contributed by atoms with E-state index >= 15 is 0 Å². The highest BCUT2D eigenvalue weighted by atomic mass is 15.2. The van der Waals surface area contributed by atoms with Crippen molar-refractivity contribution < 1.29 is 0 Å². The summed E-state index contributed by atoms with van der Waals surface area (Å²) < 4.78 is 0. The van der Waals surface area contributed by atoms with Gasteiger partial charge >= 0.3 is 0 Å². The molecule has 0 spiro atoms. The van der Waals surface area contributed by atoms with Crippen LogP contribution in [0, 0.1) is 0 Å². The van der Waals surface area contributed by atoms with Crippen LogP contribution < -0.4 is 0 Å². The van der Waals surface area contributed by atoms with Crippen LogP contribution in [0.2, 0.25) is 0 Å². The topological polar surface area (TPSA) is 3.24 Å². The normalized spacial score (nSPS) is 15.1. The van der Waals surface area contributed by atoms with Crippen molar-refractivity contribution in [2.24, 2.45) is 0 Å².